The molecule has 7 nitrogen and oxygen atoms in total. The van der Waals surface area contributed by atoms with Gasteiger partial charge in [0.1, 0.15) is 11.6 Å². The number of aromatic nitrogens is 2. The van der Waals surface area contributed by atoms with Gasteiger partial charge in [-0.05, 0) is 30.7 Å². The molecule has 2 heterocycles. The van der Waals surface area contributed by atoms with E-state index in [2.05, 4.69) is 15.3 Å². The lowest BCUT2D eigenvalue weighted by Crippen LogP contribution is -2.36. The first-order chi connectivity index (χ1) is 12.6. The minimum Gasteiger partial charge on any atom is -0.497 e. The number of carbonyl (C=O) groups excluding carboxylic acids is 2. The first-order valence-electron chi connectivity index (χ1n) is 8.81. The average Bonchev–Trinajstić information content (AvgIpc) is 3.08. The molecule has 1 aliphatic heterocycles. The van der Waals surface area contributed by atoms with E-state index in [0.29, 0.717) is 32.5 Å². The third-order valence-corrected chi connectivity index (χ3v) is 4.49. The molecule has 0 fully saturated rings. The quantitative estimate of drug-likeness (QED) is 0.774. The van der Waals surface area contributed by atoms with E-state index < -0.39 is 0 Å². The summed E-state index contributed by atoms with van der Waals surface area (Å²) in [5.41, 5.74) is 3.02. The van der Waals surface area contributed by atoms with E-state index in [9.17, 15) is 9.59 Å². The maximum absolute atomic E-state index is 12.4. The Bertz CT molecular complexity index is 783. The number of benzene rings is 1. The minimum atomic E-state index is -0.0661. The number of carbonyl (C=O) groups is 2. The molecule has 0 saturated heterocycles. The van der Waals surface area contributed by atoms with E-state index in [4.69, 9.17) is 4.74 Å². The van der Waals surface area contributed by atoms with Crippen molar-refractivity contribution in [3.05, 3.63) is 35.7 Å². The summed E-state index contributed by atoms with van der Waals surface area (Å²) in [7, 11) is 1.64. The Morgan fingerprint density at radius 1 is 1.31 bits per heavy atom. The number of H-pyrrole nitrogens is 1. The van der Waals surface area contributed by atoms with Crippen molar-refractivity contribution in [3.63, 3.8) is 0 Å². The van der Waals surface area contributed by atoms with E-state index >= 15 is 0 Å². The average molecular weight is 356 g/mol. The number of hydrogen-bond acceptors (Lipinski definition) is 4. The summed E-state index contributed by atoms with van der Waals surface area (Å²) in [5.74, 6) is 1.67. The highest BCUT2D eigenvalue weighted by atomic mass is 16.5. The highest BCUT2D eigenvalue weighted by molar-refractivity contribution is 5.76. The number of fused-ring (bicyclic) bond motifs is 1. The summed E-state index contributed by atoms with van der Waals surface area (Å²) < 4.78 is 5.18. The number of methoxy groups -OCH3 is 1. The highest BCUT2D eigenvalue weighted by Crippen LogP contribution is 2.24. The third-order valence-electron chi connectivity index (χ3n) is 4.49. The molecule has 0 saturated carbocycles. The Hall–Kier alpha value is -2.83. The second-order valence-corrected chi connectivity index (χ2v) is 6.39. The molecule has 2 aromatic rings. The first-order valence-corrected chi connectivity index (χ1v) is 8.81. The smallest absolute Gasteiger partial charge is 0.222 e. The molecule has 1 aliphatic rings. The Balaban J connectivity index is 1.60. The van der Waals surface area contributed by atoms with Crippen LogP contribution in [0.5, 0.6) is 5.75 Å². The second kappa shape index (κ2) is 8.03. The van der Waals surface area contributed by atoms with Crippen LogP contribution in [0.4, 0.5) is 0 Å². The number of nitrogens with one attached hydrogen (secondary N) is 2. The lowest BCUT2D eigenvalue weighted by Gasteiger charge is -2.26. The summed E-state index contributed by atoms with van der Waals surface area (Å²) >= 11 is 0. The Labute approximate surface area is 152 Å². The van der Waals surface area contributed by atoms with Crippen LogP contribution < -0.4 is 10.1 Å². The zero-order valence-electron chi connectivity index (χ0n) is 15.2. The molecule has 0 unspecified atom stereocenters. The monoisotopic (exact) mass is 356 g/mol. The van der Waals surface area contributed by atoms with Gasteiger partial charge < -0.3 is 19.9 Å². The number of rotatable bonds is 6. The van der Waals surface area contributed by atoms with Crippen LogP contribution >= 0.6 is 0 Å². The van der Waals surface area contributed by atoms with E-state index in [1.54, 1.807) is 7.11 Å². The zero-order chi connectivity index (χ0) is 18.5. The van der Waals surface area contributed by atoms with Gasteiger partial charge in [-0.15, -0.1) is 0 Å². The van der Waals surface area contributed by atoms with Crippen molar-refractivity contribution >= 4 is 11.8 Å². The predicted octanol–water partition coefficient (Wildman–Crippen LogP) is 1.89. The van der Waals surface area contributed by atoms with Gasteiger partial charge in [0.15, 0.2) is 0 Å². The van der Waals surface area contributed by atoms with Crippen molar-refractivity contribution in [2.45, 2.75) is 32.7 Å². The summed E-state index contributed by atoms with van der Waals surface area (Å²) in [5, 5.41) is 2.71. The molecule has 1 aromatic heterocycles. The van der Waals surface area contributed by atoms with Gasteiger partial charge in [0.05, 0.1) is 25.0 Å². The Morgan fingerprint density at radius 3 is 2.77 bits per heavy atom. The number of imidazole rings is 1. The van der Waals surface area contributed by atoms with Crippen LogP contribution in [0, 0.1) is 0 Å². The summed E-state index contributed by atoms with van der Waals surface area (Å²) in [6, 6.07) is 7.74. The SMILES string of the molecule is COc1ccc(-c2nc3c([nH]2)CN(C(=O)CCCNC(C)=O)CC3)cc1. The predicted molar refractivity (Wildman–Crippen MR) is 97.6 cm³/mol. The molecule has 0 aliphatic carbocycles. The van der Waals surface area contributed by atoms with Crippen molar-refractivity contribution < 1.29 is 14.3 Å². The molecule has 7 heteroatoms. The maximum Gasteiger partial charge on any atom is 0.222 e. The lowest BCUT2D eigenvalue weighted by molar-refractivity contribution is -0.132. The number of hydrogen-bond donors (Lipinski definition) is 2. The largest absolute Gasteiger partial charge is 0.497 e. The van der Waals surface area contributed by atoms with Gasteiger partial charge in [-0.2, -0.15) is 0 Å². The van der Waals surface area contributed by atoms with Crippen LogP contribution in [0.25, 0.3) is 11.4 Å². The number of nitrogens with zero attached hydrogens (tertiary/aromatic N) is 2. The van der Waals surface area contributed by atoms with Crippen LogP contribution in [0.2, 0.25) is 0 Å². The Morgan fingerprint density at radius 2 is 2.08 bits per heavy atom. The van der Waals surface area contributed by atoms with Gasteiger partial charge >= 0.3 is 0 Å². The number of ether oxygens (including phenoxy) is 1. The topological polar surface area (TPSA) is 87.3 Å². The van der Waals surface area contributed by atoms with Crippen LogP contribution in [0.3, 0.4) is 0 Å². The molecule has 138 valence electrons. The Kier molecular flexibility index (Phi) is 5.55. The van der Waals surface area contributed by atoms with Crippen molar-refractivity contribution in [2.75, 3.05) is 20.2 Å². The minimum absolute atomic E-state index is 0.0661. The summed E-state index contributed by atoms with van der Waals surface area (Å²) in [6.07, 6.45) is 1.84. The molecular formula is C19H24N4O3. The molecular weight excluding hydrogens is 332 g/mol. The second-order valence-electron chi connectivity index (χ2n) is 6.39. The molecule has 0 bridgehead atoms. The molecule has 1 aromatic carbocycles. The molecule has 2 amide bonds. The molecule has 3 rings (SSSR count). The van der Waals surface area contributed by atoms with Gasteiger partial charge in [0, 0.05) is 38.4 Å². The van der Waals surface area contributed by atoms with Gasteiger partial charge in [-0.3, -0.25) is 9.59 Å². The van der Waals surface area contributed by atoms with Gasteiger partial charge in [-0.1, -0.05) is 0 Å². The van der Waals surface area contributed by atoms with Crippen LogP contribution in [-0.2, 0) is 22.6 Å². The zero-order valence-corrected chi connectivity index (χ0v) is 15.2. The highest BCUT2D eigenvalue weighted by Gasteiger charge is 2.23. The van der Waals surface area contributed by atoms with E-state index in [0.717, 1.165) is 34.9 Å². The van der Waals surface area contributed by atoms with Crippen molar-refractivity contribution in [1.29, 1.82) is 0 Å². The van der Waals surface area contributed by atoms with Crippen molar-refractivity contribution in [1.82, 2.24) is 20.2 Å². The first kappa shape index (κ1) is 18.0. The fraction of sp³-hybridized carbons (Fsp3) is 0.421. The van der Waals surface area contributed by atoms with Crippen LogP contribution in [0.1, 0.15) is 31.2 Å². The fourth-order valence-corrected chi connectivity index (χ4v) is 3.05. The third kappa shape index (κ3) is 4.22. The summed E-state index contributed by atoms with van der Waals surface area (Å²) in [6.45, 7) is 3.24. The van der Waals surface area contributed by atoms with Gasteiger partial charge in [-0.25, -0.2) is 4.98 Å². The molecule has 2 N–H and O–H groups in total. The fourth-order valence-electron chi connectivity index (χ4n) is 3.05. The number of aromatic amines is 1. The van der Waals surface area contributed by atoms with Crippen LogP contribution in [-0.4, -0.2) is 46.9 Å². The van der Waals surface area contributed by atoms with Crippen LogP contribution in [0.15, 0.2) is 24.3 Å². The lowest BCUT2D eigenvalue weighted by atomic mass is 10.1. The van der Waals surface area contributed by atoms with E-state index in [1.807, 2.05) is 29.2 Å². The van der Waals surface area contributed by atoms with Gasteiger partial charge in [0.25, 0.3) is 0 Å². The molecule has 0 radical (unpaired) electrons. The molecule has 0 atom stereocenters. The van der Waals surface area contributed by atoms with E-state index in [-0.39, 0.29) is 11.8 Å². The standard InChI is InChI=1S/C19H24N4O3/c1-13(24)20-10-3-4-18(25)23-11-9-16-17(12-23)22-19(21-16)14-5-7-15(26-2)8-6-14/h5-8H,3-4,9-12H2,1-2H3,(H,20,24)(H,21,22). The van der Waals surface area contributed by atoms with Gasteiger partial charge in [0.2, 0.25) is 11.8 Å². The normalized spacial score (nSPS) is 13.2. The maximum atomic E-state index is 12.4. The van der Waals surface area contributed by atoms with E-state index in [1.165, 1.54) is 6.92 Å². The summed E-state index contributed by atoms with van der Waals surface area (Å²) in [4.78, 5) is 33.1. The number of amides is 2. The molecule has 26 heavy (non-hydrogen) atoms. The van der Waals surface area contributed by atoms with Crippen molar-refractivity contribution in [2.24, 2.45) is 0 Å². The molecule has 0 spiro atoms. The van der Waals surface area contributed by atoms with Crippen molar-refractivity contribution in [3.8, 4) is 17.1 Å².